The van der Waals surface area contributed by atoms with Gasteiger partial charge in [0.25, 0.3) is 5.91 Å². The SMILES string of the molecule is CCOc1cc(/C=N\NC(=O)[C@@H](NS(=O)(=O)c2ccc(C)cc2)C(C)C)cc(Br)c1OCc1cccc2ccccc12. The van der Waals surface area contributed by atoms with E-state index in [4.69, 9.17) is 9.47 Å². The predicted molar refractivity (Wildman–Crippen MR) is 169 cm³/mol. The summed E-state index contributed by atoms with van der Waals surface area (Å²) in [5.41, 5.74) is 5.09. The lowest BCUT2D eigenvalue weighted by atomic mass is 10.1. The Labute approximate surface area is 255 Å². The maximum Gasteiger partial charge on any atom is 0.258 e. The van der Waals surface area contributed by atoms with Crippen molar-refractivity contribution in [1.29, 1.82) is 0 Å². The molecule has 10 heteroatoms. The summed E-state index contributed by atoms with van der Waals surface area (Å²) < 4.78 is 41.0. The summed E-state index contributed by atoms with van der Waals surface area (Å²) in [5.74, 6) is 0.176. The minimum absolute atomic E-state index is 0.0890. The molecule has 1 amide bonds. The molecule has 0 aromatic heterocycles. The number of carbonyl (C=O) groups excluding carboxylic acids is 1. The normalized spacial score (nSPS) is 12.5. The van der Waals surface area contributed by atoms with Crippen molar-refractivity contribution in [3.8, 4) is 11.5 Å². The molecule has 4 rings (SSSR count). The smallest absolute Gasteiger partial charge is 0.258 e. The number of nitrogens with one attached hydrogen (secondary N) is 2. The Morgan fingerprint density at radius 3 is 2.43 bits per heavy atom. The van der Waals surface area contributed by atoms with Gasteiger partial charge in [-0.2, -0.15) is 9.82 Å². The number of benzene rings is 4. The average molecular weight is 653 g/mol. The predicted octanol–water partition coefficient (Wildman–Crippen LogP) is 6.34. The van der Waals surface area contributed by atoms with Crippen molar-refractivity contribution in [2.75, 3.05) is 6.61 Å². The molecule has 0 bridgehead atoms. The molecule has 0 fully saturated rings. The molecular formula is C32H34BrN3O5S. The lowest BCUT2D eigenvalue weighted by Gasteiger charge is -2.20. The molecule has 4 aromatic carbocycles. The summed E-state index contributed by atoms with van der Waals surface area (Å²) in [7, 11) is -3.90. The number of hydrogen-bond acceptors (Lipinski definition) is 6. The first-order valence-corrected chi connectivity index (χ1v) is 15.8. The number of rotatable bonds is 12. The fourth-order valence-electron chi connectivity index (χ4n) is 4.32. The molecule has 1 atom stereocenters. The first-order chi connectivity index (χ1) is 20.1. The van der Waals surface area contributed by atoms with Gasteiger partial charge in [-0.3, -0.25) is 4.79 Å². The van der Waals surface area contributed by atoms with Gasteiger partial charge in [0.2, 0.25) is 10.0 Å². The number of hydrogen-bond donors (Lipinski definition) is 2. The second-order valence-corrected chi connectivity index (χ2v) is 12.6. The van der Waals surface area contributed by atoms with Crippen LogP contribution in [0.15, 0.2) is 93.3 Å². The lowest BCUT2D eigenvalue weighted by molar-refractivity contribution is -0.123. The molecule has 0 radical (unpaired) electrons. The second-order valence-electron chi connectivity index (χ2n) is 10.1. The number of fused-ring (bicyclic) bond motifs is 1. The monoisotopic (exact) mass is 651 g/mol. The highest BCUT2D eigenvalue weighted by Gasteiger charge is 2.28. The van der Waals surface area contributed by atoms with E-state index in [2.05, 4.69) is 49.4 Å². The summed E-state index contributed by atoms with van der Waals surface area (Å²) in [4.78, 5) is 13.0. The van der Waals surface area contributed by atoms with Crippen molar-refractivity contribution in [3.05, 3.63) is 100 Å². The molecule has 2 N–H and O–H groups in total. The lowest BCUT2D eigenvalue weighted by Crippen LogP contribution is -2.48. The Morgan fingerprint density at radius 1 is 1.00 bits per heavy atom. The molecule has 0 aliphatic rings. The van der Waals surface area contributed by atoms with Crippen LogP contribution in [0.1, 0.15) is 37.5 Å². The van der Waals surface area contributed by atoms with Gasteiger partial charge in [0.05, 0.1) is 22.2 Å². The molecule has 220 valence electrons. The number of aryl methyl sites for hydroxylation is 1. The van der Waals surface area contributed by atoms with Crippen LogP contribution in [0, 0.1) is 12.8 Å². The highest BCUT2D eigenvalue weighted by Crippen LogP contribution is 2.37. The van der Waals surface area contributed by atoms with E-state index in [0.717, 1.165) is 21.9 Å². The highest BCUT2D eigenvalue weighted by atomic mass is 79.9. The van der Waals surface area contributed by atoms with E-state index in [-0.39, 0.29) is 10.8 Å². The molecule has 0 aliphatic heterocycles. The van der Waals surface area contributed by atoms with Crippen molar-refractivity contribution in [3.63, 3.8) is 0 Å². The Hall–Kier alpha value is -3.73. The first kappa shape index (κ1) is 31.2. The molecule has 0 spiro atoms. The van der Waals surface area contributed by atoms with Gasteiger partial charge in [0.15, 0.2) is 11.5 Å². The number of sulfonamides is 1. The van der Waals surface area contributed by atoms with Crippen molar-refractivity contribution in [2.24, 2.45) is 11.0 Å². The van der Waals surface area contributed by atoms with Crippen LogP contribution in [0.3, 0.4) is 0 Å². The third-order valence-corrected chi connectivity index (χ3v) is 8.58. The van der Waals surface area contributed by atoms with Gasteiger partial charge in [-0.15, -0.1) is 0 Å². The Kier molecular flexibility index (Phi) is 10.4. The third kappa shape index (κ3) is 7.76. The molecule has 0 heterocycles. The molecule has 0 aliphatic carbocycles. The molecule has 0 unspecified atom stereocenters. The quantitative estimate of drug-likeness (QED) is 0.137. The van der Waals surface area contributed by atoms with Crippen LogP contribution in [0.25, 0.3) is 10.8 Å². The number of halogens is 1. The Bertz CT molecular complexity index is 1680. The van der Waals surface area contributed by atoms with Crippen LogP contribution in [-0.2, 0) is 21.4 Å². The minimum Gasteiger partial charge on any atom is -0.490 e. The molecule has 42 heavy (non-hydrogen) atoms. The fourth-order valence-corrected chi connectivity index (χ4v) is 6.24. The largest absolute Gasteiger partial charge is 0.490 e. The summed E-state index contributed by atoms with van der Waals surface area (Å²) >= 11 is 3.58. The maximum absolute atomic E-state index is 12.9. The van der Waals surface area contributed by atoms with Gasteiger partial charge < -0.3 is 9.47 Å². The number of amides is 1. The molecule has 0 saturated heterocycles. The molecule has 8 nitrogen and oxygen atoms in total. The summed E-state index contributed by atoms with van der Waals surface area (Å²) in [5, 5.41) is 6.34. The van der Waals surface area contributed by atoms with E-state index in [1.807, 2.05) is 38.1 Å². The van der Waals surface area contributed by atoms with Crippen LogP contribution in [-0.4, -0.2) is 33.2 Å². The standard InChI is InChI=1S/C32H34BrN3O5S/c1-5-40-29-18-23(17-28(33)31(29)41-20-25-11-8-10-24-9-6-7-12-27(24)25)19-34-35-32(37)30(21(2)3)36-42(38,39)26-15-13-22(4)14-16-26/h6-19,21,30,36H,5,20H2,1-4H3,(H,35,37)/b34-19-/t30-/m0/s1. The van der Waals surface area contributed by atoms with E-state index in [9.17, 15) is 13.2 Å². The zero-order chi connectivity index (χ0) is 30.3. The Balaban J connectivity index is 1.47. The van der Waals surface area contributed by atoms with E-state index in [0.29, 0.717) is 34.7 Å². The number of carbonyl (C=O) groups is 1. The fraction of sp³-hybridized carbons (Fsp3) is 0.250. The number of hydrazone groups is 1. The van der Waals surface area contributed by atoms with Crippen molar-refractivity contribution >= 4 is 48.8 Å². The van der Waals surface area contributed by atoms with Crippen LogP contribution in [0.4, 0.5) is 0 Å². The maximum atomic E-state index is 12.9. The van der Waals surface area contributed by atoms with Gasteiger partial charge >= 0.3 is 0 Å². The van der Waals surface area contributed by atoms with Crippen molar-refractivity contribution in [1.82, 2.24) is 10.1 Å². The van der Waals surface area contributed by atoms with E-state index in [1.54, 1.807) is 38.1 Å². The summed E-state index contributed by atoms with van der Waals surface area (Å²) in [6.07, 6.45) is 1.46. The number of ether oxygens (including phenoxy) is 2. The van der Waals surface area contributed by atoms with E-state index >= 15 is 0 Å². The summed E-state index contributed by atoms with van der Waals surface area (Å²) in [6, 6.07) is 23.2. The first-order valence-electron chi connectivity index (χ1n) is 13.6. The van der Waals surface area contributed by atoms with Crippen molar-refractivity contribution < 1.29 is 22.7 Å². The van der Waals surface area contributed by atoms with Gasteiger partial charge in [0, 0.05) is 0 Å². The van der Waals surface area contributed by atoms with Gasteiger partial charge in [-0.05, 0) is 81.9 Å². The van der Waals surface area contributed by atoms with Crippen molar-refractivity contribution in [2.45, 2.75) is 45.2 Å². The van der Waals surface area contributed by atoms with E-state index < -0.39 is 22.0 Å². The average Bonchev–Trinajstić information content (AvgIpc) is 2.96. The van der Waals surface area contributed by atoms with E-state index in [1.165, 1.54) is 18.3 Å². The zero-order valence-electron chi connectivity index (χ0n) is 23.9. The third-order valence-electron chi connectivity index (χ3n) is 6.53. The summed E-state index contributed by atoms with van der Waals surface area (Å²) in [6.45, 7) is 8.04. The highest BCUT2D eigenvalue weighted by molar-refractivity contribution is 9.10. The van der Waals surface area contributed by atoms with Crippen LogP contribution in [0.5, 0.6) is 11.5 Å². The molecular weight excluding hydrogens is 618 g/mol. The van der Waals surface area contributed by atoms with Gasteiger partial charge in [-0.1, -0.05) is 74.0 Å². The van der Waals surface area contributed by atoms with Gasteiger partial charge in [0.1, 0.15) is 12.6 Å². The topological polar surface area (TPSA) is 106 Å². The number of nitrogens with zero attached hydrogens (tertiary/aromatic N) is 1. The van der Waals surface area contributed by atoms with Crippen LogP contribution >= 0.6 is 15.9 Å². The second kappa shape index (κ2) is 14.0. The Morgan fingerprint density at radius 2 is 1.71 bits per heavy atom. The van der Waals surface area contributed by atoms with Gasteiger partial charge in [-0.25, -0.2) is 13.8 Å². The minimum atomic E-state index is -3.90. The molecule has 4 aromatic rings. The zero-order valence-corrected chi connectivity index (χ0v) is 26.3. The molecule has 0 saturated carbocycles. The van der Waals surface area contributed by atoms with Crippen LogP contribution in [0.2, 0.25) is 0 Å². The van der Waals surface area contributed by atoms with Crippen LogP contribution < -0.4 is 19.6 Å².